The van der Waals surface area contributed by atoms with Crippen LogP contribution in [0.3, 0.4) is 0 Å². The van der Waals surface area contributed by atoms with E-state index in [1.165, 1.54) is 22.1 Å². The Kier molecular flexibility index (Phi) is 3.73. The maximum Gasteiger partial charge on any atom is 0.123 e. The van der Waals surface area contributed by atoms with Crippen LogP contribution in [0.2, 0.25) is 0 Å². The molecular formula is C21H22N2O. The minimum Gasteiger partial charge on any atom is -0.487 e. The van der Waals surface area contributed by atoms with Crippen molar-refractivity contribution in [3.05, 3.63) is 71.4 Å². The average molecular weight is 318 g/mol. The van der Waals surface area contributed by atoms with E-state index < -0.39 is 0 Å². The lowest BCUT2D eigenvalue weighted by Crippen LogP contribution is -2.24. The summed E-state index contributed by atoms with van der Waals surface area (Å²) in [5.41, 5.74) is 4.84. The largest absolute Gasteiger partial charge is 0.487 e. The molecule has 1 aliphatic heterocycles. The number of hydrogen-bond acceptors (Lipinski definition) is 3. The van der Waals surface area contributed by atoms with Gasteiger partial charge in [0.05, 0.1) is 5.52 Å². The van der Waals surface area contributed by atoms with Crippen LogP contribution in [0.5, 0.6) is 5.75 Å². The van der Waals surface area contributed by atoms with Gasteiger partial charge in [-0.05, 0) is 42.7 Å². The van der Waals surface area contributed by atoms with Gasteiger partial charge in [-0.25, -0.2) is 0 Å². The molecule has 0 saturated carbocycles. The molecule has 1 aliphatic rings. The fourth-order valence-electron chi connectivity index (χ4n) is 3.42. The number of ether oxygens (including phenoxy) is 1. The van der Waals surface area contributed by atoms with Gasteiger partial charge >= 0.3 is 0 Å². The Morgan fingerprint density at radius 2 is 1.96 bits per heavy atom. The Labute approximate surface area is 142 Å². The number of rotatable bonds is 4. The maximum atomic E-state index is 5.94. The molecule has 0 spiro atoms. The number of nitrogens with one attached hydrogen (secondary N) is 1. The number of benzene rings is 2. The summed E-state index contributed by atoms with van der Waals surface area (Å²) >= 11 is 0. The third-order valence-corrected chi connectivity index (χ3v) is 4.49. The van der Waals surface area contributed by atoms with Crippen molar-refractivity contribution in [1.29, 1.82) is 0 Å². The molecule has 122 valence electrons. The van der Waals surface area contributed by atoms with Gasteiger partial charge in [-0.1, -0.05) is 36.4 Å². The number of fused-ring (bicyclic) bond motifs is 2. The molecule has 2 heterocycles. The number of pyridine rings is 1. The van der Waals surface area contributed by atoms with E-state index in [-0.39, 0.29) is 5.60 Å². The highest BCUT2D eigenvalue weighted by atomic mass is 16.5. The van der Waals surface area contributed by atoms with Crippen molar-refractivity contribution >= 4 is 10.9 Å². The summed E-state index contributed by atoms with van der Waals surface area (Å²) in [6.07, 6.45) is 2.83. The second-order valence-corrected chi connectivity index (χ2v) is 7.08. The first-order chi connectivity index (χ1) is 11.6. The van der Waals surface area contributed by atoms with Crippen molar-refractivity contribution in [2.75, 3.05) is 0 Å². The fourth-order valence-corrected chi connectivity index (χ4v) is 3.42. The Morgan fingerprint density at radius 3 is 2.88 bits per heavy atom. The summed E-state index contributed by atoms with van der Waals surface area (Å²) in [6, 6.07) is 16.9. The highest BCUT2D eigenvalue weighted by molar-refractivity contribution is 5.81. The van der Waals surface area contributed by atoms with E-state index in [1.807, 2.05) is 12.3 Å². The van der Waals surface area contributed by atoms with Crippen molar-refractivity contribution in [2.24, 2.45) is 0 Å². The van der Waals surface area contributed by atoms with Gasteiger partial charge in [-0.2, -0.15) is 0 Å². The molecule has 3 nitrogen and oxygen atoms in total. The van der Waals surface area contributed by atoms with E-state index >= 15 is 0 Å². The van der Waals surface area contributed by atoms with E-state index in [2.05, 4.69) is 66.6 Å². The highest BCUT2D eigenvalue weighted by Crippen LogP contribution is 2.35. The lowest BCUT2D eigenvalue weighted by Gasteiger charge is -2.16. The van der Waals surface area contributed by atoms with E-state index in [1.54, 1.807) is 0 Å². The third kappa shape index (κ3) is 3.00. The lowest BCUT2D eigenvalue weighted by atomic mass is 10.0. The Morgan fingerprint density at radius 1 is 1.08 bits per heavy atom. The number of aromatic nitrogens is 1. The number of para-hydroxylation sites is 1. The minimum atomic E-state index is -0.0803. The fraction of sp³-hybridized carbons (Fsp3) is 0.286. The second kappa shape index (κ2) is 5.91. The molecule has 2 aromatic carbocycles. The molecule has 24 heavy (non-hydrogen) atoms. The second-order valence-electron chi connectivity index (χ2n) is 7.08. The summed E-state index contributed by atoms with van der Waals surface area (Å²) in [7, 11) is 0. The standard InChI is InChI=1S/C21H22N2O/c1-21(2)12-18-11-15(8-9-19(18)24-21)13-22-14-17-6-3-5-16-7-4-10-23-20(16)17/h3-11,22H,12-14H2,1-2H3. The van der Waals surface area contributed by atoms with Gasteiger partial charge in [0, 0.05) is 31.1 Å². The molecule has 0 bridgehead atoms. The van der Waals surface area contributed by atoms with Gasteiger partial charge in [0.2, 0.25) is 0 Å². The van der Waals surface area contributed by atoms with Crippen LogP contribution < -0.4 is 10.1 Å². The van der Waals surface area contributed by atoms with Crippen molar-refractivity contribution in [1.82, 2.24) is 10.3 Å². The third-order valence-electron chi connectivity index (χ3n) is 4.49. The molecule has 4 rings (SSSR count). The van der Waals surface area contributed by atoms with Gasteiger partial charge in [0.1, 0.15) is 11.4 Å². The van der Waals surface area contributed by atoms with Gasteiger partial charge < -0.3 is 10.1 Å². The van der Waals surface area contributed by atoms with Gasteiger partial charge in [-0.3, -0.25) is 4.98 Å². The molecule has 3 aromatic rings. The van der Waals surface area contributed by atoms with Crippen molar-refractivity contribution in [3.63, 3.8) is 0 Å². The zero-order valence-electron chi connectivity index (χ0n) is 14.2. The van der Waals surface area contributed by atoms with E-state index in [0.717, 1.165) is 30.8 Å². The smallest absolute Gasteiger partial charge is 0.123 e. The van der Waals surface area contributed by atoms with Gasteiger partial charge in [0.25, 0.3) is 0 Å². The first-order valence-electron chi connectivity index (χ1n) is 8.45. The molecule has 0 saturated heterocycles. The monoisotopic (exact) mass is 318 g/mol. The summed E-state index contributed by atoms with van der Waals surface area (Å²) < 4.78 is 5.94. The molecule has 0 aliphatic carbocycles. The molecular weight excluding hydrogens is 296 g/mol. The van der Waals surface area contributed by atoms with Crippen LogP contribution in [0.25, 0.3) is 10.9 Å². The Hall–Kier alpha value is -2.39. The topological polar surface area (TPSA) is 34.2 Å². The molecule has 0 atom stereocenters. The Balaban J connectivity index is 1.45. The van der Waals surface area contributed by atoms with Crippen LogP contribution in [0.15, 0.2) is 54.7 Å². The van der Waals surface area contributed by atoms with E-state index in [0.29, 0.717) is 0 Å². The van der Waals surface area contributed by atoms with Crippen molar-refractivity contribution in [3.8, 4) is 5.75 Å². The Bertz CT molecular complexity index is 881. The summed E-state index contributed by atoms with van der Waals surface area (Å²) in [6.45, 7) is 5.93. The highest BCUT2D eigenvalue weighted by Gasteiger charge is 2.29. The molecule has 1 N–H and O–H groups in total. The molecule has 3 heteroatoms. The van der Waals surface area contributed by atoms with Gasteiger partial charge in [0.15, 0.2) is 0 Å². The van der Waals surface area contributed by atoms with Gasteiger partial charge in [-0.15, -0.1) is 0 Å². The van der Waals surface area contributed by atoms with Crippen LogP contribution in [0, 0.1) is 0 Å². The average Bonchev–Trinajstić information content (AvgIpc) is 2.88. The first kappa shape index (κ1) is 15.2. The summed E-state index contributed by atoms with van der Waals surface area (Å²) in [5, 5.41) is 4.73. The SMILES string of the molecule is CC1(C)Cc2cc(CNCc3cccc4cccnc34)ccc2O1. The van der Waals surface area contributed by atoms with Crippen LogP contribution in [0.1, 0.15) is 30.5 Å². The summed E-state index contributed by atoms with van der Waals surface area (Å²) in [4.78, 5) is 4.51. The first-order valence-corrected chi connectivity index (χ1v) is 8.45. The molecule has 0 fully saturated rings. The quantitative estimate of drug-likeness (QED) is 0.781. The minimum absolute atomic E-state index is 0.0803. The zero-order valence-corrected chi connectivity index (χ0v) is 14.2. The van der Waals surface area contributed by atoms with Crippen LogP contribution in [-0.2, 0) is 19.5 Å². The molecule has 1 aromatic heterocycles. The van der Waals surface area contributed by atoms with E-state index in [4.69, 9.17) is 4.74 Å². The summed E-state index contributed by atoms with van der Waals surface area (Å²) in [5.74, 6) is 1.03. The van der Waals surface area contributed by atoms with Crippen LogP contribution in [0.4, 0.5) is 0 Å². The number of nitrogens with zero attached hydrogens (tertiary/aromatic N) is 1. The van der Waals surface area contributed by atoms with Crippen molar-refractivity contribution < 1.29 is 4.74 Å². The zero-order chi connectivity index (χ0) is 16.6. The lowest BCUT2D eigenvalue weighted by molar-refractivity contribution is 0.138. The van der Waals surface area contributed by atoms with Crippen LogP contribution >= 0.6 is 0 Å². The normalized spacial score (nSPS) is 15.2. The van der Waals surface area contributed by atoms with Crippen LogP contribution in [-0.4, -0.2) is 10.6 Å². The molecule has 0 radical (unpaired) electrons. The molecule has 0 unspecified atom stereocenters. The van der Waals surface area contributed by atoms with E-state index in [9.17, 15) is 0 Å². The predicted octanol–water partition coefficient (Wildman–Crippen LogP) is 4.24. The molecule has 0 amide bonds. The predicted molar refractivity (Wildman–Crippen MR) is 97.1 cm³/mol. The van der Waals surface area contributed by atoms with Crippen molar-refractivity contribution in [2.45, 2.75) is 39.0 Å². The number of hydrogen-bond donors (Lipinski definition) is 1. The maximum absolute atomic E-state index is 5.94.